The number of halogens is 1. The fraction of sp³-hybridized carbons (Fsp3) is 0.533. The van der Waals surface area contributed by atoms with Crippen molar-refractivity contribution in [3.05, 3.63) is 24.0 Å². The summed E-state index contributed by atoms with van der Waals surface area (Å²) in [5, 5.41) is 0. The minimum Gasteiger partial charge on any atom is -0.399 e. The molecule has 6 heteroatoms. The van der Waals surface area contributed by atoms with Crippen LogP contribution in [0.25, 0.3) is 0 Å². The van der Waals surface area contributed by atoms with E-state index in [4.69, 9.17) is 10.5 Å². The minimum absolute atomic E-state index is 0.0740. The van der Waals surface area contributed by atoms with Crippen LogP contribution >= 0.6 is 0 Å². The van der Waals surface area contributed by atoms with Gasteiger partial charge in [-0.3, -0.25) is 4.79 Å². The average molecular weight is 293 g/mol. The highest BCUT2D eigenvalue weighted by Crippen LogP contribution is 2.23. The van der Waals surface area contributed by atoms with E-state index in [1.165, 1.54) is 6.07 Å². The Balaban J connectivity index is 1.60. The minimum atomic E-state index is -0.311. The highest BCUT2D eigenvalue weighted by molar-refractivity contribution is 5.81. The predicted molar refractivity (Wildman–Crippen MR) is 78.6 cm³/mol. The number of hydrogen-bond donors (Lipinski definition) is 1. The molecule has 1 atom stereocenters. The molecule has 21 heavy (non-hydrogen) atoms. The molecule has 0 aliphatic carbocycles. The van der Waals surface area contributed by atoms with E-state index in [1.807, 2.05) is 9.80 Å². The molecule has 1 amide bonds. The van der Waals surface area contributed by atoms with Crippen molar-refractivity contribution in [2.75, 3.05) is 43.4 Å². The van der Waals surface area contributed by atoms with Crippen LogP contribution in [0.5, 0.6) is 0 Å². The molecule has 0 bridgehead atoms. The van der Waals surface area contributed by atoms with Crippen molar-refractivity contribution < 1.29 is 13.9 Å². The standard InChI is InChI=1S/C15H20FN3O2/c16-12-10-11(17)3-4-13(12)18-5-7-19(8-6-18)15(20)14-2-1-9-21-14/h3-4,10,14H,1-2,5-9,17H2/t14-/m0/s1. The Morgan fingerprint density at radius 1 is 1.29 bits per heavy atom. The zero-order valence-electron chi connectivity index (χ0n) is 11.9. The maximum Gasteiger partial charge on any atom is 0.251 e. The Morgan fingerprint density at radius 3 is 2.67 bits per heavy atom. The number of amides is 1. The summed E-state index contributed by atoms with van der Waals surface area (Å²) in [6.07, 6.45) is 1.49. The Kier molecular flexibility index (Phi) is 3.96. The SMILES string of the molecule is Nc1ccc(N2CCN(C(=O)[C@@H]3CCCO3)CC2)c(F)c1. The summed E-state index contributed by atoms with van der Waals surface area (Å²) >= 11 is 0. The van der Waals surface area contributed by atoms with Crippen molar-refractivity contribution in [1.29, 1.82) is 0 Å². The van der Waals surface area contributed by atoms with E-state index in [9.17, 15) is 9.18 Å². The molecule has 2 fully saturated rings. The van der Waals surface area contributed by atoms with E-state index in [-0.39, 0.29) is 17.8 Å². The van der Waals surface area contributed by atoms with Crippen LogP contribution < -0.4 is 10.6 Å². The number of carbonyl (C=O) groups is 1. The molecule has 0 unspecified atom stereocenters. The predicted octanol–water partition coefficient (Wildman–Crippen LogP) is 1.24. The second-order valence-corrected chi connectivity index (χ2v) is 5.52. The van der Waals surface area contributed by atoms with Gasteiger partial charge in [-0.2, -0.15) is 0 Å². The molecule has 2 saturated heterocycles. The second-order valence-electron chi connectivity index (χ2n) is 5.52. The van der Waals surface area contributed by atoms with E-state index < -0.39 is 0 Å². The normalized spacial score (nSPS) is 22.6. The van der Waals surface area contributed by atoms with E-state index in [1.54, 1.807) is 12.1 Å². The number of benzene rings is 1. The zero-order valence-corrected chi connectivity index (χ0v) is 11.9. The lowest BCUT2D eigenvalue weighted by atomic mass is 10.2. The maximum absolute atomic E-state index is 13.9. The molecule has 114 valence electrons. The molecule has 5 nitrogen and oxygen atoms in total. The lowest BCUT2D eigenvalue weighted by Gasteiger charge is -2.37. The first kappa shape index (κ1) is 14.1. The number of carbonyl (C=O) groups excluding carboxylic acids is 1. The number of nitrogen functional groups attached to an aromatic ring is 1. The Hall–Kier alpha value is -1.82. The summed E-state index contributed by atoms with van der Waals surface area (Å²) in [5.41, 5.74) is 6.53. The van der Waals surface area contributed by atoms with Crippen LogP contribution in [0.1, 0.15) is 12.8 Å². The van der Waals surface area contributed by atoms with Gasteiger partial charge in [0.25, 0.3) is 5.91 Å². The number of piperazine rings is 1. The lowest BCUT2D eigenvalue weighted by Crippen LogP contribution is -2.51. The summed E-state index contributed by atoms with van der Waals surface area (Å²) in [7, 11) is 0. The van der Waals surface area contributed by atoms with E-state index >= 15 is 0 Å². The van der Waals surface area contributed by atoms with Gasteiger partial charge >= 0.3 is 0 Å². The molecule has 1 aromatic rings. The summed E-state index contributed by atoms with van der Waals surface area (Å²) < 4.78 is 19.3. The van der Waals surface area contributed by atoms with Gasteiger partial charge in [-0.1, -0.05) is 0 Å². The largest absolute Gasteiger partial charge is 0.399 e. The monoisotopic (exact) mass is 293 g/mol. The molecule has 2 N–H and O–H groups in total. The van der Waals surface area contributed by atoms with Crippen molar-refractivity contribution in [3.63, 3.8) is 0 Å². The van der Waals surface area contributed by atoms with E-state index in [2.05, 4.69) is 0 Å². The first-order chi connectivity index (χ1) is 10.1. The summed E-state index contributed by atoms with van der Waals surface area (Å²) in [6, 6.07) is 4.73. The van der Waals surface area contributed by atoms with Gasteiger partial charge in [0, 0.05) is 38.5 Å². The zero-order chi connectivity index (χ0) is 14.8. The van der Waals surface area contributed by atoms with Crippen LogP contribution in [0.15, 0.2) is 18.2 Å². The van der Waals surface area contributed by atoms with Crippen molar-refractivity contribution >= 4 is 17.3 Å². The van der Waals surface area contributed by atoms with Crippen LogP contribution in [0.2, 0.25) is 0 Å². The van der Waals surface area contributed by atoms with Crippen molar-refractivity contribution in [1.82, 2.24) is 4.90 Å². The molecule has 0 radical (unpaired) electrons. The Morgan fingerprint density at radius 2 is 2.05 bits per heavy atom. The molecule has 0 saturated carbocycles. The molecule has 3 rings (SSSR count). The van der Waals surface area contributed by atoms with Crippen LogP contribution in [-0.4, -0.2) is 49.7 Å². The third kappa shape index (κ3) is 2.95. The molecular formula is C15H20FN3O2. The van der Waals surface area contributed by atoms with Gasteiger partial charge in [-0.25, -0.2) is 4.39 Å². The molecule has 1 aromatic carbocycles. The van der Waals surface area contributed by atoms with Gasteiger partial charge in [0.1, 0.15) is 11.9 Å². The topological polar surface area (TPSA) is 58.8 Å². The third-order valence-corrected chi connectivity index (χ3v) is 4.11. The quantitative estimate of drug-likeness (QED) is 0.833. The Bertz CT molecular complexity index is 524. The van der Waals surface area contributed by atoms with Gasteiger partial charge in [-0.05, 0) is 31.0 Å². The number of anilines is 2. The number of ether oxygens (including phenoxy) is 1. The molecular weight excluding hydrogens is 273 g/mol. The molecule has 2 aliphatic heterocycles. The van der Waals surface area contributed by atoms with E-state index in [0.29, 0.717) is 44.2 Å². The third-order valence-electron chi connectivity index (χ3n) is 4.11. The molecule has 2 aliphatic rings. The van der Waals surface area contributed by atoms with E-state index in [0.717, 1.165) is 12.8 Å². The number of rotatable bonds is 2. The molecule has 2 heterocycles. The number of nitrogens with zero attached hydrogens (tertiary/aromatic N) is 2. The summed E-state index contributed by atoms with van der Waals surface area (Å²) in [5.74, 6) is -0.237. The lowest BCUT2D eigenvalue weighted by molar-refractivity contribution is -0.141. The van der Waals surface area contributed by atoms with Crippen LogP contribution in [0, 0.1) is 5.82 Å². The van der Waals surface area contributed by atoms with Crippen LogP contribution in [0.4, 0.5) is 15.8 Å². The second kappa shape index (κ2) is 5.89. The smallest absolute Gasteiger partial charge is 0.251 e. The van der Waals surface area contributed by atoms with Crippen LogP contribution in [-0.2, 0) is 9.53 Å². The van der Waals surface area contributed by atoms with Gasteiger partial charge in [-0.15, -0.1) is 0 Å². The van der Waals surface area contributed by atoms with Gasteiger partial charge in [0.05, 0.1) is 5.69 Å². The summed E-state index contributed by atoms with van der Waals surface area (Å²) in [4.78, 5) is 16.0. The maximum atomic E-state index is 13.9. The highest BCUT2D eigenvalue weighted by Gasteiger charge is 2.30. The van der Waals surface area contributed by atoms with Gasteiger partial charge < -0.3 is 20.3 Å². The first-order valence-electron chi connectivity index (χ1n) is 7.35. The first-order valence-corrected chi connectivity index (χ1v) is 7.35. The number of hydrogen-bond acceptors (Lipinski definition) is 4. The number of nitrogens with two attached hydrogens (primary N) is 1. The van der Waals surface area contributed by atoms with Crippen LogP contribution in [0.3, 0.4) is 0 Å². The Labute approximate surface area is 123 Å². The van der Waals surface area contributed by atoms with Crippen molar-refractivity contribution in [2.24, 2.45) is 0 Å². The molecule has 0 aromatic heterocycles. The molecule has 0 spiro atoms. The van der Waals surface area contributed by atoms with Crippen molar-refractivity contribution in [2.45, 2.75) is 18.9 Å². The highest BCUT2D eigenvalue weighted by atomic mass is 19.1. The van der Waals surface area contributed by atoms with Crippen molar-refractivity contribution in [3.8, 4) is 0 Å². The van der Waals surface area contributed by atoms with Gasteiger partial charge in [0.2, 0.25) is 0 Å². The average Bonchev–Trinajstić information content (AvgIpc) is 3.01. The summed E-state index contributed by atoms with van der Waals surface area (Å²) in [6.45, 7) is 3.12. The van der Waals surface area contributed by atoms with Gasteiger partial charge in [0.15, 0.2) is 0 Å². The fourth-order valence-electron chi connectivity index (χ4n) is 2.92. The fourth-order valence-corrected chi connectivity index (χ4v) is 2.92.